The number of amides is 2. The van der Waals surface area contributed by atoms with E-state index in [1.807, 2.05) is 0 Å². The van der Waals surface area contributed by atoms with Gasteiger partial charge in [-0.2, -0.15) is 13.2 Å². The van der Waals surface area contributed by atoms with Crippen LogP contribution in [0.2, 0.25) is 0 Å². The predicted octanol–water partition coefficient (Wildman–Crippen LogP) is 2.16. The quantitative estimate of drug-likeness (QED) is 0.841. The molecule has 114 valence electrons. The van der Waals surface area contributed by atoms with Gasteiger partial charge in [-0.25, -0.2) is 0 Å². The zero-order valence-electron chi connectivity index (χ0n) is 11.3. The Morgan fingerprint density at radius 1 is 1.29 bits per heavy atom. The largest absolute Gasteiger partial charge is 0.416 e. The predicted molar refractivity (Wildman–Crippen MR) is 69.2 cm³/mol. The first-order valence-corrected chi connectivity index (χ1v) is 6.55. The van der Waals surface area contributed by atoms with Crippen LogP contribution in [-0.2, 0) is 15.8 Å². The summed E-state index contributed by atoms with van der Waals surface area (Å²) in [5.74, 6) is -0.857. The second kappa shape index (κ2) is 5.85. The monoisotopic (exact) mass is 300 g/mol. The molecule has 0 aromatic heterocycles. The first kappa shape index (κ1) is 15.5. The van der Waals surface area contributed by atoms with E-state index in [4.69, 9.17) is 0 Å². The lowest BCUT2D eigenvalue weighted by Crippen LogP contribution is -2.51. The molecule has 2 rings (SSSR count). The molecule has 2 unspecified atom stereocenters. The summed E-state index contributed by atoms with van der Waals surface area (Å²) in [7, 11) is 0. The van der Waals surface area contributed by atoms with Crippen molar-refractivity contribution in [1.29, 1.82) is 0 Å². The fourth-order valence-electron chi connectivity index (χ4n) is 2.38. The number of halogens is 3. The zero-order chi connectivity index (χ0) is 15.6. The number of benzene rings is 1. The number of hydrogen-bond donors (Lipinski definition) is 2. The molecule has 0 saturated carbocycles. The van der Waals surface area contributed by atoms with E-state index < -0.39 is 29.7 Å². The highest BCUT2D eigenvalue weighted by molar-refractivity contribution is 6.00. The second-order valence-corrected chi connectivity index (χ2v) is 4.98. The minimum absolute atomic E-state index is 0.0784. The van der Waals surface area contributed by atoms with Crippen molar-refractivity contribution in [3.8, 4) is 0 Å². The molecule has 0 aliphatic carbocycles. The normalized spacial score (nSPS) is 21.0. The highest BCUT2D eigenvalue weighted by Crippen LogP contribution is 2.34. The third-order valence-electron chi connectivity index (χ3n) is 3.42. The molecule has 7 heteroatoms. The van der Waals surface area contributed by atoms with Gasteiger partial charge in [0.15, 0.2) is 0 Å². The second-order valence-electron chi connectivity index (χ2n) is 4.98. The molecule has 1 aromatic rings. The Morgan fingerprint density at radius 3 is 2.57 bits per heavy atom. The van der Waals surface area contributed by atoms with Crippen molar-refractivity contribution in [2.45, 2.75) is 38.0 Å². The maximum atomic E-state index is 13.0. The van der Waals surface area contributed by atoms with Crippen LogP contribution in [0.1, 0.15) is 36.9 Å². The van der Waals surface area contributed by atoms with E-state index in [-0.39, 0.29) is 24.3 Å². The van der Waals surface area contributed by atoms with E-state index in [1.54, 1.807) is 6.92 Å². The van der Waals surface area contributed by atoms with Crippen molar-refractivity contribution in [1.82, 2.24) is 10.6 Å². The third kappa shape index (κ3) is 3.60. The third-order valence-corrected chi connectivity index (χ3v) is 3.42. The number of hydrogen-bond acceptors (Lipinski definition) is 3. The van der Waals surface area contributed by atoms with Crippen LogP contribution in [0.5, 0.6) is 0 Å². The standard InChI is InChI=1S/C14H15F3N2O2/c1-8(18-11-6-7-12(20)19-13(11)21)9-4-2-3-5-10(9)14(15,16)17/h2-5,8,11,18H,6-7H2,1H3,(H,19,20,21). The van der Waals surface area contributed by atoms with E-state index >= 15 is 0 Å². The van der Waals surface area contributed by atoms with Crippen LogP contribution in [0.15, 0.2) is 24.3 Å². The Kier molecular flexibility index (Phi) is 4.32. The summed E-state index contributed by atoms with van der Waals surface area (Å²) in [4.78, 5) is 22.7. The Balaban J connectivity index is 2.16. The summed E-state index contributed by atoms with van der Waals surface area (Å²) < 4.78 is 38.9. The van der Waals surface area contributed by atoms with Gasteiger partial charge in [0.25, 0.3) is 0 Å². The van der Waals surface area contributed by atoms with E-state index in [9.17, 15) is 22.8 Å². The molecular weight excluding hydrogens is 285 g/mol. The van der Waals surface area contributed by atoms with Crippen LogP contribution in [-0.4, -0.2) is 17.9 Å². The molecule has 2 N–H and O–H groups in total. The lowest BCUT2D eigenvalue weighted by atomic mass is 9.98. The summed E-state index contributed by atoms with van der Waals surface area (Å²) in [6, 6.07) is 3.91. The molecule has 0 radical (unpaired) electrons. The highest BCUT2D eigenvalue weighted by atomic mass is 19.4. The first-order valence-electron chi connectivity index (χ1n) is 6.55. The maximum Gasteiger partial charge on any atom is 0.416 e. The van der Waals surface area contributed by atoms with Gasteiger partial charge >= 0.3 is 6.18 Å². The van der Waals surface area contributed by atoms with Gasteiger partial charge in [0.2, 0.25) is 11.8 Å². The minimum atomic E-state index is -4.45. The Labute approximate surface area is 119 Å². The molecule has 1 fully saturated rings. The first-order chi connectivity index (χ1) is 9.79. The van der Waals surface area contributed by atoms with Gasteiger partial charge < -0.3 is 0 Å². The molecule has 2 amide bonds. The lowest BCUT2D eigenvalue weighted by molar-refractivity contribution is -0.138. The highest BCUT2D eigenvalue weighted by Gasteiger charge is 2.35. The van der Waals surface area contributed by atoms with Crippen molar-refractivity contribution in [2.24, 2.45) is 0 Å². The summed E-state index contributed by atoms with van der Waals surface area (Å²) >= 11 is 0. The van der Waals surface area contributed by atoms with Gasteiger partial charge in [-0.1, -0.05) is 18.2 Å². The number of carbonyl (C=O) groups is 2. The Bertz CT molecular complexity index is 557. The Hall–Kier alpha value is -1.89. The summed E-state index contributed by atoms with van der Waals surface area (Å²) in [5.41, 5.74) is -0.646. The SMILES string of the molecule is CC(NC1CCC(=O)NC1=O)c1ccccc1C(F)(F)F. The lowest BCUT2D eigenvalue weighted by Gasteiger charge is -2.27. The van der Waals surface area contributed by atoms with Crippen molar-refractivity contribution >= 4 is 11.8 Å². The van der Waals surface area contributed by atoms with E-state index in [1.165, 1.54) is 18.2 Å². The van der Waals surface area contributed by atoms with Gasteiger partial charge in [-0.05, 0) is 25.0 Å². The molecule has 1 aliphatic rings. The molecule has 0 bridgehead atoms. The number of imide groups is 1. The van der Waals surface area contributed by atoms with Crippen LogP contribution >= 0.6 is 0 Å². The smallest absolute Gasteiger partial charge is 0.299 e. The molecule has 1 aliphatic heterocycles. The molecule has 4 nitrogen and oxygen atoms in total. The molecular formula is C14H15F3N2O2. The number of carbonyl (C=O) groups excluding carboxylic acids is 2. The van der Waals surface area contributed by atoms with E-state index in [2.05, 4.69) is 10.6 Å². The molecule has 1 aromatic carbocycles. The minimum Gasteiger partial charge on any atom is -0.299 e. The van der Waals surface area contributed by atoms with Gasteiger partial charge in [0.1, 0.15) is 0 Å². The van der Waals surface area contributed by atoms with Crippen molar-refractivity contribution in [3.05, 3.63) is 35.4 Å². The summed E-state index contributed by atoms with van der Waals surface area (Å²) in [5, 5.41) is 5.02. The van der Waals surface area contributed by atoms with Gasteiger partial charge in [-0.15, -0.1) is 0 Å². The van der Waals surface area contributed by atoms with Gasteiger partial charge in [0, 0.05) is 12.5 Å². The van der Waals surface area contributed by atoms with Crippen LogP contribution in [0.4, 0.5) is 13.2 Å². The van der Waals surface area contributed by atoms with Crippen LogP contribution in [0.25, 0.3) is 0 Å². The van der Waals surface area contributed by atoms with Crippen LogP contribution in [0.3, 0.4) is 0 Å². The molecule has 21 heavy (non-hydrogen) atoms. The summed E-state index contributed by atoms with van der Waals surface area (Å²) in [6.45, 7) is 1.56. The average molecular weight is 300 g/mol. The molecule has 0 spiro atoms. The fourth-order valence-corrected chi connectivity index (χ4v) is 2.38. The topological polar surface area (TPSA) is 58.2 Å². The number of nitrogens with one attached hydrogen (secondary N) is 2. The Morgan fingerprint density at radius 2 is 1.95 bits per heavy atom. The number of rotatable bonds is 3. The molecule has 1 heterocycles. The number of piperidine rings is 1. The van der Waals surface area contributed by atoms with E-state index in [0.29, 0.717) is 0 Å². The van der Waals surface area contributed by atoms with Crippen LogP contribution in [0, 0.1) is 0 Å². The van der Waals surface area contributed by atoms with E-state index in [0.717, 1.165) is 6.07 Å². The molecule has 2 atom stereocenters. The summed E-state index contributed by atoms with van der Waals surface area (Å²) in [6.07, 6.45) is -3.99. The maximum absolute atomic E-state index is 13.0. The van der Waals surface area contributed by atoms with Crippen molar-refractivity contribution in [3.63, 3.8) is 0 Å². The zero-order valence-corrected chi connectivity index (χ0v) is 11.3. The van der Waals surface area contributed by atoms with Crippen LogP contribution < -0.4 is 10.6 Å². The number of alkyl halides is 3. The van der Waals surface area contributed by atoms with Gasteiger partial charge in [0.05, 0.1) is 11.6 Å². The van der Waals surface area contributed by atoms with Gasteiger partial charge in [-0.3, -0.25) is 20.2 Å². The van der Waals surface area contributed by atoms with Crippen molar-refractivity contribution < 1.29 is 22.8 Å². The fraction of sp³-hybridized carbons (Fsp3) is 0.429. The average Bonchev–Trinajstić information content (AvgIpc) is 2.41. The molecule has 1 saturated heterocycles. The van der Waals surface area contributed by atoms with Crippen molar-refractivity contribution in [2.75, 3.05) is 0 Å².